The van der Waals surface area contributed by atoms with Crippen LogP contribution in [0.4, 0.5) is 0 Å². The van der Waals surface area contributed by atoms with Crippen molar-refractivity contribution in [3.63, 3.8) is 0 Å². The Bertz CT molecular complexity index is 279. The Morgan fingerprint density at radius 2 is 1.00 bits per heavy atom. The highest BCUT2D eigenvalue weighted by molar-refractivity contribution is 5.81. The van der Waals surface area contributed by atoms with Crippen LogP contribution in [0, 0.1) is 0 Å². The van der Waals surface area contributed by atoms with E-state index in [-0.39, 0.29) is 5.97 Å². The van der Waals surface area contributed by atoms with Gasteiger partial charge in [-0.3, -0.25) is 0 Å². The summed E-state index contributed by atoms with van der Waals surface area (Å²) in [5.74, 6) is -0.304. The van der Waals surface area contributed by atoms with Crippen molar-refractivity contribution in [1.29, 1.82) is 0 Å². The van der Waals surface area contributed by atoms with Gasteiger partial charge in [-0.25, -0.2) is 4.79 Å². The maximum absolute atomic E-state index is 10.8. The van der Waals surface area contributed by atoms with E-state index in [2.05, 4.69) is 6.58 Å². The van der Waals surface area contributed by atoms with Crippen LogP contribution in [0.3, 0.4) is 0 Å². The molecule has 0 unspecified atom stereocenters. The average Bonchev–Trinajstić information content (AvgIpc) is 2.60. The summed E-state index contributed by atoms with van der Waals surface area (Å²) >= 11 is 0. The zero-order chi connectivity index (χ0) is 17.7. The van der Waals surface area contributed by atoms with E-state index in [1.165, 1.54) is 96.0 Å². The fourth-order valence-electron chi connectivity index (χ4n) is 2.95. The Balaban J connectivity index is 3.00. The smallest absolute Gasteiger partial charge is 0.330 e. The van der Waals surface area contributed by atoms with Gasteiger partial charge in [0.2, 0.25) is 0 Å². The topological polar surface area (TPSA) is 52.3 Å². The first-order chi connectivity index (χ1) is 11.8. The number of rotatable bonds is 19. The van der Waals surface area contributed by atoms with Gasteiger partial charge in [0.1, 0.15) is 0 Å². The van der Waals surface area contributed by atoms with Gasteiger partial charge in [0.15, 0.2) is 0 Å². The number of carbonyl (C=O) groups excluding carboxylic acids is 1. The molecule has 3 heteroatoms. The molecule has 0 aliphatic heterocycles. The van der Waals surface area contributed by atoms with Crippen molar-refractivity contribution in [2.75, 3.05) is 13.2 Å². The van der Waals surface area contributed by atoms with Crippen LogP contribution in [0.25, 0.3) is 0 Å². The van der Waals surface area contributed by atoms with Gasteiger partial charge in [-0.1, -0.05) is 96.5 Å². The number of nitrogens with two attached hydrogens (primary N) is 1. The molecule has 3 nitrogen and oxygen atoms in total. The Morgan fingerprint density at radius 3 is 1.33 bits per heavy atom. The van der Waals surface area contributed by atoms with Crippen LogP contribution < -0.4 is 5.73 Å². The van der Waals surface area contributed by atoms with Crippen LogP contribution in [-0.2, 0) is 9.53 Å². The third-order valence-corrected chi connectivity index (χ3v) is 4.51. The fourth-order valence-corrected chi connectivity index (χ4v) is 2.95. The predicted molar refractivity (Wildman–Crippen MR) is 104 cm³/mol. The standard InChI is InChI=1S/C21H41NO2/c1-2-21(23)24-20-18-16-14-12-10-8-6-4-3-5-7-9-11-13-15-17-19-22/h2H,1,3-20,22H2. The maximum Gasteiger partial charge on any atom is 0.330 e. The highest BCUT2D eigenvalue weighted by atomic mass is 16.5. The average molecular weight is 340 g/mol. The molecule has 0 heterocycles. The van der Waals surface area contributed by atoms with Gasteiger partial charge in [0.05, 0.1) is 6.61 Å². The first kappa shape index (κ1) is 23.2. The summed E-state index contributed by atoms with van der Waals surface area (Å²) in [5, 5.41) is 0. The number of esters is 1. The summed E-state index contributed by atoms with van der Waals surface area (Å²) in [4.78, 5) is 10.8. The quantitative estimate of drug-likeness (QED) is 0.181. The molecule has 0 rings (SSSR count). The predicted octanol–water partition coefficient (Wildman–Crippen LogP) is 5.92. The molecular formula is C21H41NO2. The van der Waals surface area contributed by atoms with Crippen molar-refractivity contribution in [2.45, 2.75) is 103 Å². The minimum Gasteiger partial charge on any atom is -0.463 e. The van der Waals surface area contributed by atoms with E-state index in [4.69, 9.17) is 10.5 Å². The zero-order valence-corrected chi connectivity index (χ0v) is 15.9. The third-order valence-electron chi connectivity index (χ3n) is 4.51. The minimum atomic E-state index is -0.304. The lowest BCUT2D eigenvalue weighted by molar-refractivity contribution is -0.137. The summed E-state index contributed by atoms with van der Waals surface area (Å²) in [6.45, 7) is 4.77. The lowest BCUT2D eigenvalue weighted by Gasteiger charge is -2.04. The molecule has 0 aromatic heterocycles. The third kappa shape index (κ3) is 19.2. The van der Waals surface area contributed by atoms with Gasteiger partial charge in [-0.2, -0.15) is 0 Å². The number of hydrogen-bond donors (Lipinski definition) is 1. The maximum atomic E-state index is 10.8. The zero-order valence-electron chi connectivity index (χ0n) is 15.9. The summed E-state index contributed by atoms with van der Waals surface area (Å²) < 4.78 is 4.95. The SMILES string of the molecule is C=CC(=O)OCCCCCCCCCCCCCCCCCCN. The molecule has 0 spiro atoms. The Hall–Kier alpha value is -0.830. The molecule has 0 aliphatic carbocycles. The van der Waals surface area contributed by atoms with E-state index < -0.39 is 0 Å². The number of unbranched alkanes of at least 4 members (excludes halogenated alkanes) is 15. The van der Waals surface area contributed by atoms with Crippen molar-refractivity contribution >= 4 is 5.97 Å². The van der Waals surface area contributed by atoms with Crippen LogP contribution in [-0.4, -0.2) is 19.1 Å². The lowest BCUT2D eigenvalue weighted by atomic mass is 10.0. The first-order valence-electron chi connectivity index (χ1n) is 10.3. The molecule has 0 bridgehead atoms. The van der Waals surface area contributed by atoms with Crippen LogP contribution in [0.1, 0.15) is 103 Å². The van der Waals surface area contributed by atoms with Crippen LogP contribution >= 0.6 is 0 Å². The Morgan fingerprint density at radius 1 is 0.667 bits per heavy atom. The van der Waals surface area contributed by atoms with Crippen molar-refractivity contribution in [3.05, 3.63) is 12.7 Å². The van der Waals surface area contributed by atoms with Crippen molar-refractivity contribution in [1.82, 2.24) is 0 Å². The summed E-state index contributed by atoms with van der Waals surface area (Å²) in [6.07, 6.45) is 22.4. The number of ether oxygens (including phenoxy) is 1. The molecule has 2 N–H and O–H groups in total. The van der Waals surface area contributed by atoms with E-state index >= 15 is 0 Å². The number of carbonyl (C=O) groups is 1. The largest absolute Gasteiger partial charge is 0.463 e. The molecule has 0 amide bonds. The minimum absolute atomic E-state index is 0.304. The lowest BCUT2D eigenvalue weighted by Crippen LogP contribution is -2.01. The van der Waals surface area contributed by atoms with E-state index in [0.717, 1.165) is 19.4 Å². The molecular weight excluding hydrogens is 298 g/mol. The highest BCUT2D eigenvalue weighted by Crippen LogP contribution is 2.13. The van der Waals surface area contributed by atoms with Crippen LogP contribution in [0.15, 0.2) is 12.7 Å². The Kier molecular flexibility index (Phi) is 19.5. The van der Waals surface area contributed by atoms with Gasteiger partial charge in [0.25, 0.3) is 0 Å². The Labute approximate surface area is 150 Å². The molecule has 24 heavy (non-hydrogen) atoms. The molecule has 0 aromatic carbocycles. The van der Waals surface area contributed by atoms with Crippen molar-refractivity contribution in [3.8, 4) is 0 Å². The van der Waals surface area contributed by atoms with Crippen molar-refractivity contribution in [2.24, 2.45) is 5.73 Å². The molecule has 0 aromatic rings. The van der Waals surface area contributed by atoms with Crippen LogP contribution in [0.5, 0.6) is 0 Å². The highest BCUT2D eigenvalue weighted by Gasteiger charge is 1.96. The van der Waals surface area contributed by atoms with Crippen LogP contribution in [0.2, 0.25) is 0 Å². The van der Waals surface area contributed by atoms with Gasteiger partial charge in [0, 0.05) is 6.08 Å². The first-order valence-corrected chi connectivity index (χ1v) is 10.3. The normalized spacial score (nSPS) is 10.7. The molecule has 142 valence electrons. The molecule has 0 saturated heterocycles. The van der Waals surface area contributed by atoms with E-state index in [9.17, 15) is 4.79 Å². The van der Waals surface area contributed by atoms with E-state index in [1.807, 2.05) is 0 Å². The van der Waals surface area contributed by atoms with Crippen molar-refractivity contribution < 1.29 is 9.53 Å². The number of hydrogen-bond acceptors (Lipinski definition) is 3. The van der Waals surface area contributed by atoms with Gasteiger partial charge in [-0.15, -0.1) is 0 Å². The monoisotopic (exact) mass is 339 g/mol. The van der Waals surface area contributed by atoms with E-state index in [0.29, 0.717) is 6.61 Å². The molecule has 0 aliphatic rings. The summed E-state index contributed by atoms with van der Waals surface area (Å²) in [6, 6.07) is 0. The van der Waals surface area contributed by atoms with E-state index in [1.54, 1.807) is 0 Å². The second kappa shape index (κ2) is 20.2. The summed E-state index contributed by atoms with van der Waals surface area (Å²) in [5.41, 5.74) is 5.49. The van der Waals surface area contributed by atoms with Gasteiger partial charge in [-0.05, 0) is 19.4 Å². The summed E-state index contributed by atoms with van der Waals surface area (Å²) in [7, 11) is 0. The molecule has 0 fully saturated rings. The van der Waals surface area contributed by atoms with Gasteiger partial charge >= 0.3 is 5.97 Å². The fraction of sp³-hybridized carbons (Fsp3) is 0.857. The second-order valence-electron chi connectivity index (χ2n) is 6.82. The molecule has 0 atom stereocenters. The molecule has 0 saturated carbocycles. The molecule has 0 radical (unpaired) electrons. The van der Waals surface area contributed by atoms with Gasteiger partial charge < -0.3 is 10.5 Å². The second-order valence-corrected chi connectivity index (χ2v) is 6.82.